The van der Waals surface area contributed by atoms with Gasteiger partial charge in [0, 0.05) is 62.2 Å². The molecule has 1 aliphatic rings. The van der Waals surface area contributed by atoms with Gasteiger partial charge in [0.05, 0.1) is 6.61 Å². The van der Waals surface area contributed by atoms with E-state index in [1.807, 2.05) is 18.3 Å². The van der Waals surface area contributed by atoms with Gasteiger partial charge in [-0.3, -0.25) is 4.90 Å². The molecule has 0 radical (unpaired) electrons. The number of aromatic nitrogens is 2. The maximum absolute atomic E-state index is 8.79. The Hall–Kier alpha value is -2.13. The molecule has 1 saturated heterocycles. The molecule has 2 heterocycles. The maximum atomic E-state index is 8.79. The summed E-state index contributed by atoms with van der Waals surface area (Å²) < 4.78 is 2.24. The molecule has 132 valence electrons. The molecule has 0 saturated carbocycles. The first-order valence-electron chi connectivity index (χ1n) is 8.77. The molecular weight excluding hydrogens is 312 g/mol. The van der Waals surface area contributed by atoms with Gasteiger partial charge in [-0.25, -0.2) is 4.98 Å². The molecule has 0 amide bonds. The van der Waals surface area contributed by atoms with Gasteiger partial charge in [0.2, 0.25) is 0 Å². The van der Waals surface area contributed by atoms with Crippen molar-refractivity contribution in [1.29, 1.82) is 0 Å². The Balaban J connectivity index is 1.74. The van der Waals surface area contributed by atoms with Crippen LogP contribution in [0.4, 0.5) is 0 Å². The summed E-state index contributed by atoms with van der Waals surface area (Å²) >= 11 is 0. The van der Waals surface area contributed by atoms with Gasteiger partial charge in [0.15, 0.2) is 0 Å². The van der Waals surface area contributed by atoms with Gasteiger partial charge in [-0.05, 0) is 26.2 Å². The molecule has 1 aromatic carbocycles. The van der Waals surface area contributed by atoms with Gasteiger partial charge in [-0.2, -0.15) is 0 Å². The zero-order valence-electron chi connectivity index (χ0n) is 15.0. The molecule has 0 bridgehead atoms. The summed E-state index contributed by atoms with van der Waals surface area (Å²) in [5, 5.41) is 8.79. The van der Waals surface area contributed by atoms with Crippen molar-refractivity contribution < 1.29 is 5.11 Å². The number of likely N-dealkylation sites (N-methyl/N-ethyl adjacent to an activating group) is 2. The van der Waals surface area contributed by atoms with Crippen molar-refractivity contribution in [1.82, 2.24) is 19.4 Å². The summed E-state index contributed by atoms with van der Waals surface area (Å²) in [7, 11) is 4.39. The van der Waals surface area contributed by atoms with E-state index in [0.29, 0.717) is 12.5 Å². The van der Waals surface area contributed by atoms with E-state index in [9.17, 15) is 0 Å². The van der Waals surface area contributed by atoms with Gasteiger partial charge in [0.1, 0.15) is 5.82 Å². The van der Waals surface area contributed by atoms with Crippen molar-refractivity contribution in [3.63, 3.8) is 0 Å². The quantitative estimate of drug-likeness (QED) is 0.859. The highest BCUT2D eigenvalue weighted by molar-refractivity contribution is 5.57. The number of benzene rings is 1. The third-order valence-electron chi connectivity index (χ3n) is 4.72. The summed E-state index contributed by atoms with van der Waals surface area (Å²) in [6, 6.07) is 8.66. The molecule has 1 aromatic heterocycles. The Morgan fingerprint density at radius 1 is 1.20 bits per heavy atom. The molecule has 0 unspecified atom stereocenters. The number of imidazole rings is 1. The van der Waals surface area contributed by atoms with Crippen LogP contribution < -0.4 is 0 Å². The molecule has 5 heteroatoms. The fraction of sp³-hybridized carbons (Fsp3) is 0.450. The first kappa shape index (κ1) is 17.7. The minimum atomic E-state index is 0.104. The Labute approximate surface area is 149 Å². The maximum Gasteiger partial charge on any atom is 0.139 e. The second kappa shape index (κ2) is 8.30. The van der Waals surface area contributed by atoms with E-state index in [1.54, 1.807) is 0 Å². The minimum Gasteiger partial charge on any atom is -0.395 e. The lowest BCUT2D eigenvalue weighted by Crippen LogP contribution is -2.51. The Morgan fingerprint density at radius 2 is 2.00 bits per heavy atom. The molecular formula is C20H26N4O. The van der Waals surface area contributed by atoms with Crippen LogP contribution in [-0.4, -0.2) is 70.8 Å². The van der Waals surface area contributed by atoms with E-state index in [4.69, 9.17) is 5.11 Å². The highest BCUT2D eigenvalue weighted by atomic mass is 16.2. The number of piperazine rings is 1. The summed E-state index contributed by atoms with van der Waals surface area (Å²) in [6.45, 7) is 4.35. The second-order valence-electron chi connectivity index (χ2n) is 6.65. The molecule has 1 aliphatic heterocycles. The van der Waals surface area contributed by atoms with Gasteiger partial charge < -0.3 is 14.6 Å². The van der Waals surface area contributed by atoms with Crippen LogP contribution in [0.25, 0.3) is 11.4 Å². The number of hydrogen-bond donors (Lipinski definition) is 1. The largest absolute Gasteiger partial charge is 0.395 e. The lowest BCUT2D eigenvalue weighted by molar-refractivity contribution is 0.103. The molecule has 1 N–H and O–H groups in total. The van der Waals surface area contributed by atoms with Crippen molar-refractivity contribution in [2.24, 2.45) is 0 Å². The monoisotopic (exact) mass is 338 g/mol. The normalized spacial score (nSPS) is 18.8. The van der Waals surface area contributed by atoms with Gasteiger partial charge in [-0.1, -0.05) is 24.0 Å². The third kappa shape index (κ3) is 4.49. The SMILES string of the molecule is CN1CCN(C)[C@H](Cn2ccnc2-c2ccc(C#CCCO)cc2)C1. The average Bonchev–Trinajstić information content (AvgIpc) is 3.07. The zero-order chi connectivity index (χ0) is 17.6. The number of nitrogens with zero attached hydrogens (tertiary/aromatic N) is 4. The Morgan fingerprint density at radius 3 is 2.76 bits per heavy atom. The molecule has 0 aliphatic carbocycles. The van der Waals surface area contributed by atoms with E-state index in [2.05, 4.69) is 63.6 Å². The molecule has 0 spiro atoms. The first-order valence-corrected chi connectivity index (χ1v) is 8.77. The smallest absolute Gasteiger partial charge is 0.139 e. The summed E-state index contributed by atoms with van der Waals surface area (Å²) in [6.07, 6.45) is 4.44. The zero-order valence-corrected chi connectivity index (χ0v) is 15.0. The predicted molar refractivity (Wildman–Crippen MR) is 100 cm³/mol. The third-order valence-corrected chi connectivity index (χ3v) is 4.72. The second-order valence-corrected chi connectivity index (χ2v) is 6.65. The molecule has 1 fully saturated rings. The fourth-order valence-corrected chi connectivity index (χ4v) is 3.17. The summed E-state index contributed by atoms with van der Waals surface area (Å²) in [5.74, 6) is 7.01. The van der Waals surface area contributed by atoms with Crippen molar-refractivity contribution >= 4 is 0 Å². The highest BCUT2D eigenvalue weighted by Crippen LogP contribution is 2.20. The van der Waals surface area contributed by atoms with E-state index in [-0.39, 0.29) is 6.61 Å². The predicted octanol–water partition coefficient (Wildman–Crippen LogP) is 1.53. The topological polar surface area (TPSA) is 44.5 Å². The van der Waals surface area contributed by atoms with Crippen LogP contribution in [0.3, 0.4) is 0 Å². The fourth-order valence-electron chi connectivity index (χ4n) is 3.17. The number of aliphatic hydroxyl groups is 1. The minimum absolute atomic E-state index is 0.104. The van der Waals surface area contributed by atoms with Crippen LogP contribution in [0.5, 0.6) is 0 Å². The van der Waals surface area contributed by atoms with Crippen molar-refractivity contribution in [3.8, 4) is 23.2 Å². The summed E-state index contributed by atoms with van der Waals surface area (Å²) in [4.78, 5) is 9.39. The van der Waals surface area contributed by atoms with E-state index in [1.165, 1.54) is 0 Å². The van der Waals surface area contributed by atoms with Gasteiger partial charge in [0.25, 0.3) is 0 Å². The molecule has 5 nitrogen and oxygen atoms in total. The van der Waals surface area contributed by atoms with Crippen LogP contribution in [0.15, 0.2) is 36.7 Å². The number of rotatable bonds is 4. The molecule has 25 heavy (non-hydrogen) atoms. The van der Waals surface area contributed by atoms with E-state index < -0.39 is 0 Å². The summed E-state index contributed by atoms with van der Waals surface area (Å²) in [5.41, 5.74) is 2.06. The van der Waals surface area contributed by atoms with Crippen LogP contribution in [0, 0.1) is 11.8 Å². The van der Waals surface area contributed by atoms with Crippen LogP contribution in [-0.2, 0) is 6.54 Å². The van der Waals surface area contributed by atoms with Gasteiger partial charge >= 0.3 is 0 Å². The molecule has 2 aromatic rings. The lowest BCUT2D eigenvalue weighted by atomic mass is 10.1. The molecule has 1 atom stereocenters. The standard InChI is InChI=1S/C20H26N4O/c1-22-12-13-23(2)19(15-22)16-24-11-10-21-20(24)18-8-6-17(7-9-18)5-3-4-14-25/h6-11,19,25H,4,12-16H2,1-2H3/t19-/m0/s1. The van der Waals surface area contributed by atoms with Crippen molar-refractivity contribution in [2.45, 2.75) is 19.0 Å². The molecule has 3 rings (SSSR count). The van der Waals surface area contributed by atoms with Gasteiger partial charge in [-0.15, -0.1) is 0 Å². The number of hydrogen-bond acceptors (Lipinski definition) is 4. The van der Waals surface area contributed by atoms with Crippen molar-refractivity contribution in [2.75, 3.05) is 40.3 Å². The first-order chi connectivity index (χ1) is 12.2. The van der Waals surface area contributed by atoms with E-state index in [0.717, 1.165) is 43.1 Å². The highest BCUT2D eigenvalue weighted by Gasteiger charge is 2.23. The average molecular weight is 338 g/mol. The van der Waals surface area contributed by atoms with Crippen LogP contribution in [0.2, 0.25) is 0 Å². The number of aliphatic hydroxyl groups excluding tert-OH is 1. The van der Waals surface area contributed by atoms with Crippen molar-refractivity contribution in [3.05, 3.63) is 42.2 Å². The Bertz CT molecular complexity index is 741. The van der Waals surface area contributed by atoms with E-state index >= 15 is 0 Å². The van der Waals surface area contributed by atoms with Crippen LogP contribution >= 0.6 is 0 Å². The lowest BCUT2D eigenvalue weighted by Gasteiger charge is -2.38. The van der Waals surface area contributed by atoms with Crippen LogP contribution in [0.1, 0.15) is 12.0 Å². The Kier molecular flexibility index (Phi) is 5.87.